The van der Waals surface area contributed by atoms with Crippen LogP contribution in [-0.4, -0.2) is 11.1 Å². The van der Waals surface area contributed by atoms with E-state index in [-0.39, 0.29) is 16.9 Å². The normalized spacial score (nSPS) is 14.7. The molecule has 1 aliphatic rings. The monoisotopic (exact) mass is 476 g/mol. The van der Waals surface area contributed by atoms with Gasteiger partial charge in [-0.25, -0.2) is 9.59 Å². The topological polar surface area (TPSA) is 76.7 Å². The highest BCUT2D eigenvalue weighted by molar-refractivity contribution is 9.11. The van der Waals surface area contributed by atoms with Gasteiger partial charge in [0.25, 0.3) is 0 Å². The summed E-state index contributed by atoms with van der Waals surface area (Å²) in [6.45, 7) is 1.80. The number of phenols is 1. The second kappa shape index (κ2) is 6.10. The fraction of sp³-hybridized carbons (Fsp3) is 0.0526. The number of carbonyl (C=O) groups is 1. The maximum atomic E-state index is 12.4. The van der Waals surface area contributed by atoms with Crippen LogP contribution in [0.1, 0.15) is 16.7 Å². The van der Waals surface area contributed by atoms with E-state index in [4.69, 9.17) is 9.15 Å². The molecular formula is C19H10Br2O5. The molecule has 0 atom stereocenters. The van der Waals surface area contributed by atoms with Crippen molar-refractivity contribution < 1.29 is 19.1 Å². The number of carbonyl (C=O) groups excluding carboxylic acids is 1. The minimum absolute atomic E-state index is 0.0141. The number of hydrogen-bond donors (Lipinski definition) is 1. The Kier molecular flexibility index (Phi) is 4.00. The summed E-state index contributed by atoms with van der Waals surface area (Å²) in [6.07, 6.45) is 1.51. The minimum Gasteiger partial charge on any atom is -0.506 e. The van der Waals surface area contributed by atoms with Crippen molar-refractivity contribution in [2.45, 2.75) is 6.92 Å². The van der Waals surface area contributed by atoms with Gasteiger partial charge in [0.1, 0.15) is 11.5 Å². The summed E-state index contributed by atoms with van der Waals surface area (Å²) >= 11 is 6.62. The Morgan fingerprint density at radius 1 is 1.12 bits per heavy atom. The first-order chi connectivity index (χ1) is 12.3. The summed E-state index contributed by atoms with van der Waals surface area (Å²) in [5, 5.41) is 11.0. The van der Waals surface area contributed by atoms with Gasteiger partial charge in [-0.3, -0.25) is 0 Å². The van der Waals surface area contributed by atoms with Crippen LogP contribution in [0.5, 0.6) is 11.5 Å². The smallest absolute Gasteiger partial charge is 0.344 e. The SMILES string of the molecule is Cc1cc(=O)oc2c3c(ccc12)OC(=O)C3=Cc1cc(Br)cc(Br)c1O. The van der Waals surface area contributed by atoms with E-state index >= 15 is 0 Å². The van der Waals surface area contributed by atoms with Crippen LogP contribution in [0, 0.1) is 6.92 Å². The van der Waals surface area contributed by atoms with E-state index in [2.05, 4.69) is 31.9 Å². The highest BCUT2D eigenvalue weighted by Gasteiger charge is 2.31. The van der Waals surface area contributed by atoms with E-state index in [1.807, 2.05) is 0 Å². The standard InChI is InChI=1S/C19H10Br2O5/c1-8-4-15(22)26-18-11(8)2-3-14-16(18)12(19(24)25-14)6-9-5-10(20)7-13(21)17(9)23/h2-7,23H,1H3. The van der Waals surface area contributed by atoms with Crippen LogP contribution < -0.4 is 10.4 Å². The Hall–Kier alpha value is -2.38. The molecule has 130 valence electrons. The van der Waals surface area contributed by atoms with Crippen molar-refractivity contribution in [2.75, 3.05) is 0 Å². The number of benzene rings is 2. The molecule has 0 saturated heterocycles. The zero-order valence-corrected chi connectivity index (χ0v) is 16.5. The van der Waals surface area contributed by atoms with E-state index in [1.54, 1.807) is 31.2 Å². The molecule has 0 unspecified atom stereocenters. The van der Waals surface area contributed by atoms with Gasteiger partial charge < -0.3 is 14.3 Å². The largest absolute Gasteiger partial charge is 0.506 e. The maximum absolute atomic E-state index is 12.4. The molecule has 1 aliphatic heterocycles. The summed E-state index contributed by atoms with van der Waals surface area (Å²) in [5.74, 6) is -0.275. The Balaban J connectivity index is 2.04. The number of aryl methyl sites for hydroxylation is 1. The quantitative estimate of drug-likeness (QED) is 0.236. The Morgan fingerprint density at radius 2 is 1.88 bits per heavy atom. The number of esters is 1. The molecule has 2 heterocycles. The van der Waals surface area contributed by atoms with Crippen molar-refractivity contribution in [2.24, 2.45) is 0 Å². The lowest BCUT2D eigenvalue weighted by Crippen LogP contribution is -2.01. The predicted octanol–water partition coefficient (Wildman–Crippen LogP) is 4.79. The van der Waals surface area contributed by atoms with Crippen LogP contribution in [-0.2, 0) is 4.79 Å². The number of fused-ring (bicyclic) bond motifs is 3. The first kappa shape index (κ1) is 17.1. The molecule has 0 amide bonds. The molecule has 0 aliphatic carbocycles. The van der Waals surface area contributed by atoms with E-state index in [0.29, 0.717) is 26.7 Å². The lowest BCUT2D eigenvalue weighted by molar-refractivity contribution is -0.126. The van der Waals surface area contributed by atoms with Crippen LogP contribution in [0.15, 0.2) is 48.5 Å². The van der Waals surface area contributed by atoms with E-state index in [9.17, 15) is 14.7 Å². The first-order valence-corrected chi connectivity index (χ1v) is 9.13. The van der Waals surface area contributed by atoms with E-state index in [0.717, 1.165) is 10.0 Å². The fourth-order valence-electron chi connectivity index (χ4n) is 2.95. The molecule has 26 heavy (non-hydrogen) atoms. The van der Waals surface area contributed by atoms with Crippen LogP contribution in [0.25, 0.3) is 22.6 Å². The van der Waals surface area contributed by atoms with Crippen LogP contribution in [0.4, 0.5) is 0 Å². The minimum atomic E-state index is -0.577. The van der Waals surface area contributed by atoms with Gasteiger partial charge >= 0.3 is 11.6 Å². The summed E-state index contributed by atoms with van der Waals surface area (Å²) in [5.41, 5.74) is 1.56. The maximum Gasteiger partial charge on any atom is 0.344 e. The lowest BCUT2D eigenvalue weighted by Gasteiger charge is -2.06. The fourth-order valence-corrected chi connectivity index (χ4v) is 4.20. The number of aromatic hydroxyl groups is 1. The van der Waals surface area contributed by atoms with Crippen molar-refractivity contribution in [1.29, 1.82) is 0 Å². The Labute approximate surface area is 164 Å². The second-order valence-electron chi connectivity index (χ2n) is 5.84. The third-order valence-electron chi connectivity index (χ3n) is 4.13. The molecule has 1 N–H and O–H groups in total. The lowest BCUT2D eigenvalue weighted by atomic mass is 9.99. The molecule has 0 saturated carbocycles. The van der Waals surface area contributed by atoms with E-state index < -0.39 is 11.6 Å². The molecule has 3 aromatic rings. The number of halogens is 2. The average molecular weight is 478 g/mol. The van der Waals surface area contributed by atoms with Crippen LogP contribution >= 0.6 is 31.9 Å². The average Bonchev–Trinajstić information content (AvgIpc) is 2.88. The molecule has 2 aromatic carbocycles. The molecule has 1 aromatic heterocycles. The third-order valence-corrected chi connectivity index (χ3v) is 5.19. The summed E-state index contributed by atoms with van der Waals surface area (Å²) in [7, 11) is 0. The van der Waals surface area contributed by atoms with Crippen molar-refractivity contribution in [1.82, 2.24) is 0 Å². The van der Waals surface area contributed by atoms with Crippen LogP contribution in [0.3, 0.4) is 0 Å². The van der Waals surface area contributed by atoms with Gasteiger partial charge in [-0.2, -0.15) is 0 Å². The number of hydrogen-bond acceptors (Lipinski definition) is 5. The molecular weight excluding hydrogens is 468 g/mol. The second-order valence-corrected chi connectivity index (χ2v) is 7.61. The summed E-state index contributed by atoms with van der Waals surface area (Å²) < 4.78 is 11.9. The van der Waals surface area contributed by atoms with Gasteiger partial charge in [-0.1, -0.05) is 15.9 Å². The highest BCUT2D eigenvalue weighted by Crippen LogP contribution is 2.42. The van der Waals surface area contributed by atoms with Crippen molar-refractivity contribution >= 4 is 60.4 Å². The van der Waals surface area contributed by atoms with Gasteiger partial charge in [-0.05, 0) is 58.8 Å². The summed E-state index contributed by atoms with van der Waals surface area (Å²) in [6, 6.07) is 8.17. The number of phenolic OH excluding ortho intramolecular Hbond substituents is 1. The van der Waals surface area contributed by atoms with Gasteiger partial charge in [0.05, 0.1) is 15.6 Å². The van der Waals surface area contributed by atoms with Gasteiger partial charge in [0, 0.05) is 21.5 Å². The van der Waals surface area contributed by atoms with Crippen LogP contribution in [0.2, 0.25) is 0 Å². The zero-order chi connectivity index (χ0) is 18.6. The Bertz CT molecular complexity index is 1190. The first-order valence-electron chi connectivity index (χ1n) is 7.55. The highest BCUT2D eigenvalue weighted by atomic mass is 79.9. The molecule has 7 heteroatoms. The van der Waals surface area contributed by atoms with Gasteiger partial charge in [0.2, 0.25) is 0 Å². The van der Waals surface area contributed by atoms with E-state index in [1.165, 1.54) is 12.1 Å². The summed E-state index contributed by atoms with van der Waals surface area (Å²) in [4.78, 5) is 24.2. The van der Waals surface area contributed by atoms with Crippen molar-refractivity contribution in [3.63, 3.8) is 0 Å². The molecule has 0 fully saturated rings. The zero-order valence-electron chi connectivity index (χ0n) is 13.3. The molecule has 0 spiro atoms. The van der Waals surface area contributed by atoms with Gasteiger partial charge in [0.15, 0.2) is 5.58 Å². The van der Waals surface area contributed by atoms with Gasteiger partial charge in [-0.15, -0.1) is 0 Å². The third kappa shape index (κ3) is 2.68. The molecule has 0 bridgehead atoms. The number of rotatable bonds is 1. The molecule has 0 radical (unpaired) electrons. The molecule has 4 rings (SSSR count). The number of ether oxygens (including phenoxy) is 1. The van der Waals surface area contributed by atoms with Crippen molar-refractivity contribution in [3.05, 3.63) is 66.4 Å². The molecule has 5 nitrogen and oxygen atoms in total. The van der Waals surface area contributed by atoms with Crippen molar-refractivity contribution in [3.8, 4) is 11.5 Å². The predicted molar refractivity (Wildman–Crippen MR) is 104 cm³/mol. The Morgan fingerprint density at radius 3 is 2.65 bits per heavy atom.